The Labute approximate surface area is 132 Å². The van der Waals surface area contributed by atoms with E-state index < -0.39 is 0 Å². The molecule has 1 heterocycles. The molecule has 1 aliphatic heterocycles. The number of hydrogen-bond donors (Lipinski definition) is 3. The standard InChI is InChI=1S/C16H26N2O2.ClH/c19-14-11-4-10-5-12(14)8-16(6-10,7-11)15(20)18-13-2-1-3-17-9-13;/h10-14,17,19H,1-9H2,(H,18,20);1H/t10?,11?,12?,13-,14?,16?;/m0./s1. The normalized spacial score (nSPS) is 47.8. The predicted molar refractivity (Wildman–Crippen MR) is 83.3 cm³/mol. The fraction of sp³-hybridized carbons (Fsp3) is 0.938. The highest BCUT2D eigenvalue weighted by molar-refractivity contribution is 5.85. The molecular formula is C16H27ClN2O2. The lowest BCUT2D eigenvalue weighted by Gasteiger charge is -2.58. The molecule has 5 rings (SSSR count). The van der Waals surface area contributed by atoms with Crippen LogP contribution in [0.15, 0.2) is 0 Å². The Bertz CT molecular complexity index is 395. The molecule has 0 radical (unpaired) electrons. The van der Waals surface area contributed by atoms with Crippen LogP contribution in [0.5, 0.6) is 0 Å². The minimum absolute atomic E-state index is 0. The number of halogens is 1. The van der Waals surface area contributed by atoms with Crippen LogP contribution in [0.3, 0.4) is 0 Å². The van der Waals surface area contributed by atoms with Crippen molar-refractivity contribution < 1.29 is 9.90 Å². The molecule has 5 fully saturated rings. The van der Waals surface area contributed by atoms with Gasteiger partial charge in [-0.05, 0) is 69.2 Å². The highest BCUT2D eigenvalue weighted by Gasteiger charge is 2.58. The van der Waals surface area contributed by atoms with E-state index in [9.17, 15) is 9.90 Å². The Morgan fingerprint density at radius 3 is 2.52 bits per heavy atom. The largest absolute Gasteiger partial charge is 0.393 e. The second-order valence-electron chi connectivity index (χ2n) is 7.76. The molecular weight excluding hydrogens is 288 g/mol. The first-order chi connectivity index (χ1) is 9.66. The summed E-state index contributed by atoms with van der Waals surface area (Å²) in [6.45, 7) is 2.00. The van der Waals surface area contributed by atoms with Gasteiger partial charge >= 0.3 is 0 Å². The highest BCUT2D eigenvalue weighted by Crippen LogP contribution is 2.60. The van der Waals surface area contributed by atoms with Crippen molar-refractivity contribution in [2.24, 2.45) is 23.2 Å². The second kappa shape index (κ2) is 5.71. The van der Waals surface area contributed by atoms with Gasteiger partial charge in [-0.2, -0.15) is 0 Å². The van der Waals surface area contributed by atoms with Crippen LogP contribution in [-0.4, -0.2) is 36.2 Å². The Morgan fingerprint density at radius 2 is 1.90 bits per heavy atom. The number of aliphatic hydroxyl groups is 1. The van der Waals surface area contributed by atoms with Crippen molar-refractivity contribution in [2.45, 2.75) is 57.1 Å². The first kappa shape index (κ1) is 15.6. The topological polar surface area (TPSA) is 61.4 Å². The summed E-state index contributed by atoms with van der Waals surface area (Å²) in [4.78, 5) is 12.9. The molecule has 0 aromatic carbocycles. The van der Waals surface area contributed by atoms with E-state index in [4.69, 9.17) is 0 Å². The summed E-state index contributed by atoms with van der Waals surface area (Å²) in [6.07, 6.45) is 7.34. The van der Waals surface area contributed by atoms with Gasteiger partial charge < -0.3 is 15.7 Å². The Kier molecular flexibility index (Phi) is 4.23. The summed E-state index contributed by atoms with van der Waals surface area (Å²) in [5.74, 6) is 1.75. The number of rotatable bonds is 2. The quantitative estimate of drug-likeness (QED) is 0.723. The van der Waals surface area contributed by atoms with Crippen molar-refractivity contribution in [1.82, 2.24) is 10.6 Å². The lowest BCUT2D eigenvalue weighted by molar-refractivity contribution is -0.163. The van der Waals surface area contributed by atoms with E-state index in [2.05, 4.69) is 10.6 Å². The van der Waals surface area contributed by atoms with Crippen molar-refractivity contribution in [3.05, 3.63) is 0 Å². The number of carbonyl (C=O) groups is 1. The molecule has 0 aromatic heterocycles. The summed E-state index contributed by atoms with van der Waals surface area (Å²) in [7, 11) is 0. The molecule has 0 spiro atoms. The number of nitrogens with one attached hydrogen (secondary N) is 2. The molecule has 4 nitrogen and oxygen atoms in total. The van der Waals surface area contributed by atoms with E-state index in [1.54, 1.807) is 0 Å². The number of hydrogen-bond acceptors (Lipinski definition) is 3. The van der Waals surface area contributed by atoms with Crippen LogP contribution in [0.1, 0.15) is 44.9 Å². The summed E-state index contributed by atoms with van der Waals surface area (Å²) in [6, 6.07) is 0.314. The van der Waals surface area contributed by atoms with Gasteiger partial charge in [-0.15, -0.1) is 12.4 Å². The van der Waals surface area contributed by atoms with E-state index in [1.165, 1.54) is 0 Å². The van der Waals surface area contributed by atoms with Crippen molar-refractivity contribution >= 4 is 18.3 Å². The van der Waals surface area contributed by atoms with Gasteiger partial charge in [0, 0.05) is 12.6 Å². The third kappa shape index (κ3) is 2.60. The SMILES string of the molecule is Cl.O=C(N[C@H]1CCCNC1)C12CC3CC(C1)C(O)C(C3)C2. The van der Waals surface area contributed by atoms with Crippen molar-refractivity contribution in [3.8, 4) is 0 Å². The van der Waals surface area contributed by atoms with Crippen LogP contribution in [0, 0.1) is 23.2 Å². The van der Waals surface area contributed by atoms with Gasteiger partial charge in [-0.25, -0.2) is 0 Å². The molecule has 0 aromatic rings. The van der Waals surface area contributed by atoms with Gasteiger partial charge in [0.15, 0.2) is 0 Å². The minimum atomic E-state index is -0.146. The molecule has 4 saturated carbocycles. The monoisotopic (exact) mass is 314 g/mol. The van der Waals surface area contributed by atoms with Crippen LogP contribution in [0.2, 0.25) is 0 Å². The van der Waals surface area contributed by atoms with Crippen LogP contribution in [0.4, 0.5) is 0 Å². The van der Waals surface area contributed by atoms with E-state index in [1.807, 2.05) is 0 Å². The lowest BCUT2D eigenvalue weighted by atomic mass is 9.48. The Hall–Kier alpha value is -0.320. The summed E-state index contributed by atoms with van der Waals surface area (Å²) >= 11 is 0. The van der Waals surface area contributed by atoms with Gasteiger partial charge in [0.1, 0.15) is 0 Å². The maximum absolute atomic E-state index is 12.9. The predicted octanol–water partition coefficient (Wildman–Crippen LogP) is 1.46. The van der Waals surface area contributed by atoms with Gasteiger partial charge in [-0.1, -0.05) is 0 Å². The Morgan fingerprint density at radius 1 is 1.19 bits per heavy atom. The highest BCUT2D eigenvalue weighted by atomic mass is 35.5. The van der Waals surface area contributed by atoms with Crippen LogP contribution >= 0.6 is 12.4 Å². The van der Waals surface area contributed by atoms with Crippen molar-refractivity contribution in [3.63, 3.8) is 0 Å². The van der Waals surface area contributed by atoms with Gasteiger partial charge in [0.05, 0.1) is 11.5 Å². The first-order valence-corrected chi connectivity index (χ1v) is 8.36. The average Bonchev–Trinajstić information content (AvgIpc) is 2.45. The maximum atomic E-state index is 12.9. The zero-order chi connectivity index (χ0) is 13.7. The van der Waals surface area contributed by atoms with Crippen LogP contribution in [-0.2, 0) is 4.79 Å². The van der Waals surface area contributed by atoms with Gasteiger partial charge in [0.25, 0.3) is 0 Å². The third-order valence-corrected chi connectivity index (χ3v) is 6.34. The molecule has 1 amide bonds. The molecule has 5 heteroatoms. The molecule has 1 saturated heterocycles. The zero-order valence-corrected chi connectivity index (χ0v) is 13.3. The van der Waals surface area contributed by atoms with Crippen LogP contribution in [0.25, 0.3) is 0 Å². The second-order valence-corrected chi connectivity index (χ2v) is 7.76. The Balaban J connectivity index is 0.00000132. The fourth-order valence-corrected chi connectivity index (χ4v) is 5.59. The molecule has 4 aliphatic carbocycles. The van der Waals surface area contributed by atoms with E-state index in [0.717, 1.165) is 58.0 Å². The summed E-state index contributed by atoms with van der Waals surface area (Å²) in [5, 5.41) is 17.0. The number of piperidine rings is 1. The van der Waals surface area contributed by atoms with E-state index in [-0.39, 0.29) is 29.8 Å². The lowest BCUT2D eigenvalue weighted by Crippen LogP contribution is -2.60. The molecule has 4 bridgehead atoms. The van der Waals surface area contributed by atoms with Crippen molar-refractivity contribution in [1.29, 1.82) is 0 Å². The number of carbonyl (C=O) groups excluding carboxylic acids is 1. The first-order valence-electron chi connectivity index (χ1n) is 8.36. The van der Waals surface area contributed by atoms with Crippen molar-refractivity contribution in [2.75, 3.05) is 13.1 Å². The van der Waals surface area contributed by atoms with Gasteiger partial charge in [0.2, 0.25) is 5.91 Å². The number of aliphatic hydroxyl groups excluding tert-OH is 1. The van der Waals surface area contributed by atoms with E-state index >= 15 is 0 Å². The minimum Gasteiger partial charge on any atom is -0.393 e. The van der Waals surface area contributed by atoms with E-state index in [0.29, 0.717) is 23.8 Å². The number of amides is 1. The molecule has 120 valence electrons. The fourth-order valence-electron chi connectivity index (χ4n) is 5.59. The molecule has 21 heavy (non-hydrogen) atoms. The third-order valence-electron chi connectivity index (χ3n) is 6.34. The average molecular weight is 315 g/mol. The maximum Gasteiger partial charge on any atom is 0.226 e. The zero-order valence-electron chi connectivity index (χ0n) is 12.5. The van der Waals surface area contributed by atoms with Gasteiger partial charge in [-0.3, -0.25) is 4.79 Å². The molecule has 2 unspecified atom stereocenters. The molecule has 3 N–H and O–H groups in total. The summed E-state index contributed by atoms with van der Waals surface area (Å²) in [5.41, 5.74) is -0.146. The smallest absolute Gasteiger partial charge is 0.226 e. The molecule has 5 aliphatic rings. The van der Waals surface area contributed by atoms with Crippen LogP contribution < -0.4 is 10.6 Å². The molecule has 3 atom stereocenters. The summed E-state index contributed by atoms with van der Waals surface area (Å²) < 4.78 is 0.